The van der Waals surface area contributed by atoms with Crippen LogP contribution < -0.4 is 4.90 Å². The van der Waals surface area contributed by atoms with E-state index in [2.05, 4.69) is 97.0 Å². The molecule has 136 valence electrons. The Kier molecular flexibility index (Phi) is 5.78. The van der Waals surface area contributed by atoms with E-state index in [1.165, 1.54) is 16.0 Å². The van der Waals surface area contributed by atoms with Crippen LogP contribution in [0.1, 0.15) is 37.7 Å². The number of hydrogen-bond acceptors (Lipinski definition) is 3. The molecule has 0 aliphatic rings. The Morgan fingerprint density at radius 3 is 2.08 bits per heavy atom. The van der Waals surface area contributed by atoms with E-state index in [0.717, 1.165) is 31.9 Å². The molecule has 5 heteroatoms. The Balaban J connectivity index is 1.75. The predicted octanol–water partition coefficient (Wildman–Crippen LogP) is 2.26. The second-order valence-electron chi connectivity index (χ2n) is 7.75. The molecule has 0 aliphatic heterocycles. The summed E-state index contributed by atoms with van der Waals surface area (Å²) in [4.78, 5) is 1.46. The fraction of sp³-hybridized carbons (Fsp3) is 0.381. The third-order valence-electron chi connectivity index (χ3n) is 4.48. The van der Waals surface area contributed by atoms with Gasteiger partial charge in [-0.25, -0.2) is 4.68 Å². The zero-order chi connectivity index (χ0) is 18.4. The Labute approximate surface area is 155 Å². The number of aromatic nitrogens is 4. The van der Waals surface area contributed by atoms with Crippen LogP contribution in [-0.2, 0) is 25.0 Å². The lowest BCUT2D eigenvalue weighted by Crippen LogP contribution is -3.09. The van der Waals surface area contributed by atoms with E-state index >= 15 is 0 Å². The fourth-order valence-corrected chi connectivity index (χ4v) is 3.15. The van der Waals surface area contributed by atoms with Crippen molar-refractivity contribution in [3.05, 3.63) is 77.6 Å². The number of rotatable bonds is 7. The normalized spacial score (nSPS) is 12.9. The number of tetrazole rings is 1. The van der Waals surface area contributed by atoms with Crippen molar-refractivity contribution in [3.63, 3.8) is 0 Å². The number of hydrogen-bond donors (Lipinski definition) is 1. The molecule has 3 rings (SSSR count). The minimum absolute atomic E-state index is 0.115. The lowest BCUT2D eigenvalue weighted by Gasteiger charge is -2.23. The van der Waals surface area contributed by atoms with Gasteiger partial charge in [0.25, 0.3) is 0 Å². The molecule has 1 atom stereocenters. The molecular formula is C21H28N5+. The molecule has 0 saturated carbocycles. The zero-order valence-electron chi connectivity index (χ0n) is 15.9. The molecule has 1 heterocycles. The van der Waals surface area contributed by atoms with Crippen LogP contribution in [0.2, 0.25) is 0 Å². The van der Waals surface area contributed by atoms with Crippen molar-refractivity contribution in [3.8, 4) is 0 Å². The third kappa shape index (κ3) is 4.99. The quantitative estimate of drug-likeness (QED) is 0.711. The largest absolute Gasteiger partial charge is 0.325 e. The summed E-state index contributed by atoms with van der Waals surface area (Å²) in [5.74, 6) is 0.941. The first-order valence-corrected chi connectivity index (χ1v) is 9.21. The molecule has 0 amide bonds. The fourth-order valence-electron chi connectivity index (χ4n) is 3.15. The molecule has 0 radical (unpaired) electrons. The van der Waals surface area contributed by atoms with Gasteiger partial charge in [0.15, 0.2) is 0 Å². The molecule has 1 unspecified atom stereocenters. The van der Waals surface area contributed by atoms with Gasteiger partial charge in [-0.05, 0) is 36.8 Å². The molecule has 3 aromatic rings. The minimum Gasteiger partial charge on any atom is -0.325 e. The number of nitrogens with one attached hydrogen (secondary N) is 1. The van der Waals surface area contributed by atoms with Crippen LogP contribution in [0.3, 0.4) is 0 Å². The van der Waals surface area contributed by atoms with E-state index in [4.69, 9.17) is 0 Å². The van der Waals surface area contributed by atoms with Crippen LogP contribution in [-0.4, -0.2) is 26.8 Å². The van der Waals surface area contributed by atoms with Crippen molar-refractivity contribution >= 4 is 0 Å². The predicted molar refractivity (Wildman–Crippen MR) is 103 cm³/mol. The van der Waals surface area contributed by atoms with Gasteiger partial charge >= 0.3 is 0 Å². The number of benzene rings is 2. The van der Waals surface area contributed by atoms with Crippen LogP contribution >= 0.6 is 0 Å². The van der Waals surface area contributed by atoms with Gasteiger partial charge in [-0.1, -0.05) is 60.7 Å². The smallest absolute Gasteiger partial charge is 0.206 e. The Hall–Kier alpha value is -2.53. The molecule has 0 aliphatic carbocycles. The van der Waals surface area contributed by atoms with E-state index < -0.39 is 0 Å². The highest BCUT2D eigenvalue weighted by Crippen LogP contribution is 2.12. The SMILES string of the molecule is CC(C)(C)n1nnnc1C[NH+](CCc1ccccc1)Cc1ccccc1. The Morgan fingerprint density at radius 1 is 0.846 bits per heavy atom. The molecule has 5 nitrogen and oxygen atoms in total. The van der Waals surface area contributed by atoms with Gasteiger partial charge in [0.2, 0.25) is 5.82 Å². The molecule has 0 bridgehead atoms. The average Bonchev–Trinajstić information content (AvgIpc) is 3.10. The Bertz CT molecular complexity index is 790. The molecule has 2 aromatic carbocycles. The standard InChI is InChI=1S/C21H27N5/c1-21(2,3)26-20(22-23-24-26)17-25(16-19-12-8-5-9-13-19)15-14-18-10-6-4-7-11-18/h4-13H,14-17H2,1-3H3/p+1. The van der Waals surface area contributed by atoms with Crippen molar-refractivity contribution in [2.75, 3.05) is 6.54 Å². The number of quaternary nitrogens is 1. The van der Waals surface area contributed by atoms with Gasteiger partial charge < -0.3 is 4.90 Å². The van der Waals surface area contributed by atoms with Crippen LogP contribution in [0.15, 0.2) is 60.7 Å². The van der Waals surface area contributed by atoms with Crippen LogP contribution in [0.4, 0.5) is 0 Å². The lowest BCUT2D eigenvalue weighted by atomic mass is 10.1. The van der Waals surface area contributed by atoms with Crippen LogP contribution in [0, 0.1) is 0 Å². The van der Waals surface area contributed by atoms with Crippen molar-refractivity contribution in [2.24, 2.45) is 0 Å². The van der Waals surface area contributed by atoms with Crippen LogP contribution in [0.25, 0.3) is 0 Å². The first-order chi connectivity index (χ1) is 12.5. The molecule has 1 N–H and O–H groups in total. The average molecular weight is 350 g/mol. The molecule has 1 aromatic heterocycles. The van der Waals surface area contributed by atoms with Gasteiger partial charge in [0, 0.05) is 12.0 Å². The molecule has 26 heavy (non-hydrogen) atoms. The van der Waals surface area contributed by atoms with Crippen molar-refractivity contribution < 1.29 is 4.90 Å². The topological polar surface area (TPSA) is 48.0 Å². The molecule has 0 fully saturated rings. The highest BCUT2D eigenvalue weighted by Gasteiger charge is 2.23. The van der Waals surface area contributed by atoms with E-state index in [1.54, 1.807) is 0 Å². The van der Waals surface area contributed by atoms with E-state index in [0.29, 0.717) is 0 Å². The van der Waals surface area contributed by atoms with Crippen LogP contribution in [0.5, 0.6) is 0 Å². The molecule has 0 spiro atoms. The highest BCUT2D eigenvalue weighted by atomic mass is 15.6. The summed E-state index contributed by atoms with van der Waals surface area (Å²) in [6, 6.07) is 21.3. The highest BCUT2D eigenvalue weighted by molar-refractivity contribution is 5.15. The summed E-state index contributed by atoms with van der Waals surface area (Å²) in [5.41, 5.74) is 2.59. The number of nitrogens with zero attached hydrogens (tertiary/aromatic N) is 4. The van der Waals surface area contributed by atoms with Gasteiger partial charge in [0.1, 0.15) is 13.1 Å². The maximum Gasteiger partial charge on any atom is 0.206 e. The van der Waals surface area contributed by atoms with Gasteiger partial charge in [-0.3, -0.25) is 0 Å². The van der Waals surface area contributed by atoms with Crippen molar-refractivity contribution in [1.29, 1.82) is 0 Å². The Morgan fingerprint density at radius 2 is 1.46 bits per heavy atom. The van der Waals surface area contributed by atoms with Crippen molar-refractivity contribution in [1.82, 2.24) is 20.2 Å². The third-order valence-corrected chi connectivity index (χ3v) is 4.48. The van der Waals surface area contributed by atoms with Crippen molar-refractivity contribution in [2.45, 2.75) is 45.8 Å². The summed E-state index contributed by atoms with van der Waals surface area (Å²) in [6.45, 7) is 9.21. The first kappa shape index (κ1) is 18.3. The summed E-state index contributed by atoms with van der Waals surface area (Å²) in [5, 5.41) is 12.4. The monoisotopic (exact) mass is 350 g/mol. The van der Waals surface area contributed by atoms with Gasteiger partial charge in [0.05, 0.1) is 12.1 Å². The van der Waals surface area contributed by atoms with Gasteiger partial charge in [-0.15, -0.1) is 5.10 Å². The summed E-state index contributed by atoms with van der Waals surface area (Å²) < 4.78 is 1.94. The maximum atomic E-state index is 4.30. The van der Waals surface area contributed by atoms with E-state index in [-0.39, 0.29) is 5.54 Å². The zero-order valence-corrected chi connectivity index (χ0v) is 15.9. The first-order valence-electron chi connectivity index (χ1n) is 9.21. The van der Waals surface area contributed by atoms with E-state index in [9.17, 15) is 0 Å². The molecular weight excluding hydrogens is 322 g/mol. The second kappa shape index (κ2) is 8.23. The summed E-state index contributed by atoms with van der Waals surface area (Å²) in [6.07, 6.45) is 1.04. The maximum absolute atomic E-state index is 4.30. The second-order valence-corrected chi connectivity index (χ2v) is 7.75. The van der Waals surface area contributed by atoms with Gasteiger partial charge in [-0.2, -0.15) is 0 Å². The molecule has 0 saturated heterocycles. The summed E-state index contributed by atoms with van der Waals surface area (Å²) >= 11 is 0. The summed E-state index contributed by atoms with van der Waals surface area (Å²) in [7, 11) is 0. The van der Waals surface area contributed by atoms with E-state index in [1.807, 2.05) is 4.68 Å². The lowest BCUT2D eigenvalue weighted by molar-refractivity contribution is -0.928. The minimum atomic E-state index is -0.115.